The van der Waals surface area contributed by atoms with E-state index in [1.165, 1.54) is 6.42 Å². The normalized spacial score (nSPS) is 8.93. The van der Waals surface area contributed by atoms with Crippen molar-refractivity contribution in [3.05, 3.63) is 22.4 Å². The van der Waals surface area contributed by atoms with E-state index in [0.717, 1.165) is 12.2 Å². The maximum absolute atomic E-state index is 5.80. The van der Waals surface area contributed by atoms with Gasteiger partial charge in [-0.3, -0.25) is 4.98 Å². The Morgan fingerprint density at radius 2 is 1.57 bits per heavy atom. The van der Waals surface area contributed by atoms with E-state index in [0.29, 0.717) is 10.0 Å². The van der Waals surface area contributed by atoms with Crippen molar-refractivity contribution in [3.8, 4) is 0 Å². The monoisotopic (exact) mass is 234 g/mol. The van der Waals surface area contributed by atoms with Crippen LogP contribution in [0.5, 0.6) is 0 Å². The number of rotatable bonds is 2. The van der Waals surface area contributed by atoms with Gasteiger partial charge in [-0.15, -0.1) is 0 Å². The van der Waals surface area contributed by atoms with Crippen molar-refractivity contribution in [2.24, 2.45) is 0 Å². The van der Waals surface area contributed by atoms with Crippen molar-refractivity contribution in [2.75, 3.05) is 11.9 Å². The molecular weight excluding hydrogens is 219 g/mol. The summed E-state index contributed by atoms with van der Waals surface area (Å²) in [5, 5.41) is 4.15. The molecule has 0 aliphatic carbocycles. The van der Waals surface area contributed by atoms with Crippen molar-refractivity contribution >= 4 is 28.9 Å². The van der Waals surface area contributed by atoms with Gasteiger partial charge in [0, 0.05) is 18.9 Å². The molecule has 1 heterocycles. The smallest absolute Gasteiger partial charge is 0.0835 e. The summed E-state index contributed by atoms with van der Waals surface area (Å²) in [6.07, 6.45) is 4.37. The van der Waals surface area contributed by atoms with Gasteiger partial charge < -0.3 is 5.32 Å². The predicted molar refractivity (Wildman–Crippen MR) is 64.4 cm³/mol. The molecule has 0 aliphatic rings. The molecule has 0 fully saturated rings. The van der Waals surface area contributed by atoms with Gasteiger partial charge in [0.1, 0.15) is 0 Å². The second kappa shape index (κ2) is 7.89. The van der Waals surface area contributed by atoms with Gasteiger partial charge in [-0.05, 0) is 6.92 Å². The van der Waals surface area contributed by atoms with Crippen LogP contribution in [-0.2, 0) is 0 Å². The van der Waals surface area contributed by atoms with E-state index in [2.05, 4.69) is 24.1 Å². The molecule has 1 N–H and O–H groups in total. The van der Waals surface area contributed by atoms with Crippen molar-refractivity contribution < 1.29 is 0 Å². The van der Waals surface area contributed by atoms with Crippen molar-refractivity contribution in [1.82, 2.24) is 4.98 Å². The molecule has 0 spiro atoms. The highest BCUT2D eigenvalue weighted by Crippen LogP contribution is 2.27. The third kappa shape index (κ3) is 4.68. The van der Waals surface area contributed by atoms with Crippen LogP contribution in [0.3, 0.4) is 0 Å². The van der Waals surface area contributed by atoms with Gasteiger partial charge in [0.25, 0.3) is 0 Å². The molecule has 0 bridgehead atoms. The van der Waals surface area contributed by atoms with Crippen LogP contribution < -0.4 is 5.32 Å². The Morgan fingerprint density at radius 3 is 1.93 bits per heavy atom. The average molecular weight is 235 g/mol. The molecule has 1 aromatic heterocycles. The van der Waals surface area contributed by atoms with Crippen molar-refractivity contribution in [3.63, 3.8) is 0 Å². The number of nitrogens with zero attached hydrogens (tertiary/aromatic N) is 1. The topological polar surface area (TPSA) is 24.9 Å². The van der Waals surface area contributed by atoms with Crippen LogP contribution >= 0.6 is 23.2 Å². The molecule has 4 heteroatoms. The molecule has 2 nitrogen and oxygen atoms in total. The Hall–Kier alpha value is -0.470. The first-order valence-corrected chi connectivity index (χ1v) is 5.45. The molecule has 0 aromatic carbocycles. The number of halogens is 2. The van der Waals surface area contributed by atoms with Crippen LogP contribution in [0.4, 0.5) is 5.69 Å². The summed E-state index contributed by atoms with van der Waals surface area (Å²) in [5.41, 5.74) is 0.755. The first-order chi connectivity index (χ1) is 6.67. The summed E-state index contributed by atoms with van der Waals surface area (Å²) >= 11 is 11.6. The molecule has 1 rings (SSSR count). The van der Waals surface area contributed by atoms with Crippen LogP contribution in [0.1, 0.15) is 27.2 Å². The Bertz CT molecular complexity index is 244. The summed E-state index contributed by atoms with van der Waals surface area (Å²) in [5.74, 6) is 0. The van der Waals surface area contributed by atoms with E-state index >= 15 is 0 Å². The Balaban J connectivity index is 0.000000500. The van der Waals surface area contributed by atoms with Gasteiger partial charge in [0.05, 0.1) is 15.7 Å². The fraction of sp³-hybridized carbons (Fsp3) is 0.500. The third-order valence-electron chi connectivity index (χ3n) is 1.21. The lowest BCUT2D eigenvalue weighted by Gasteiger charge is -2.05. The fourth-order valence-corrected chi connectivity index (χ4v) is 1.26. The summed E-state index contributed by atoms with van der Waals surface area (Å²) in [7, 11) is 0. The second-order valence-corrected chi connectivity index (χ2v) is 3.53. The summed E-state index contributed by atoms with van der Waals surface area (Å²) in [6.45, 7) is 7.02. The SMILES string of the molecule is CCC.CCNc1c(Cl)cncc1Cl. The van der Waals surface area contributed by atoms with Gasteiger partial charge in [0.15, 0.2) is 0 Å². The summed E-state index contributed by atoms with van der Waals surface area (Å²) in [4.78, 5) is 3.82. The zero-order chi connectivity index (χ0) is 11.0. The van der Waals surface area contributed by atoms with Crippen molar-refractivity contribution in [1.29, 1.82) is 0 Å². The van der Waals surface area contributed by atoms with Crippen LogP contribution in [0, 0.1) is 0 Å². The molecule has 0 saturated heterocycles. The maximum Gasteiger partial charge on any atom is 0.0835 e. The largest absolute Gasteiger partial charge is 0.383 e. The predicted octanol–water partition coefficient (Wildman–Crippen LogP) is 4.24. The standard InChI is InChI=1S/C7H8Cl2N2.C3H8/c1-2-11-7-5(8)3-10-4-6(7)9;1-3-2/h3-4H,2H2,1H3,(H,10,11);3H2,1-2H3. The van der Waals surface area contributed by atoms with E-state index in [4.69, 9.17) is 23.2 Å². The number of hydrogen-bond donors (Lipinski definition) is 1. The van der Waals surface area contributed by atoms with Gasteiger partial charge in [-0.25, -0.2) is 0 Å². The third-order valence-corrected chi connectivity index (χ3v) is 1.78. The van der Waals surface area contributed by atoms with E-state index in [9.17, 15) is 0 Å². The van der Waals surface area contributed by atoms with Crippen LogP contribution in [0.15, 0.2) is 12.4 Å². The molecule has 0 unspecified atom stereocenters. The summed E-state index contributed by atoms with van der Waals surface area (Å²) < 4.78 is 0. The minimum absolute atomic E-state index is 0.555. The molecule has 14 heavy (non-hydrogen) atoms. The Labute approximate surface area is 95.6 Å². The lowest BCUT2D eigenvalue weighted by Crippen LogP contribution is -1.98. The lowest BCUT2D eigenvalue weighted by atomic mass is 10.4. The zero-order valence-corrected chi connectivity index (χ0v) is 10.3. The number of nitrogens with one attached hydrogen (secondary N) is 1. The number of aromatic nitrogens is 1. The molecule has 0 amide bonds. The first kappa shape index (κ1) is 13.5. The molecule has 0 atom stereocenters. The summed E-state index contributed by atoms with van der Waals surface area (Å²) in [6, 6.07) is 0. The minimum Gasteiger partial charge on any atom is -0.383 e. The lowest BCUT2D eigenvalue weighted by molar-refractivity contribution is 1.09. The second-order valence-electron chi connectivity index (χ2n) is 2.72. The molecule has 80 valence electrons. The average Bonchev–Trinajstić information content (AvgIpc) is 2.13. The number of anilines is 1. The molecule has 1 aromatic rings. The Morgan fingerprint density at radius 1 is 1.14 bits per heavy atom. The first-order valence-electron chi connectivity index (χ1n) is 4.70. The van der Waals surface area contributed by atoms with Gasteiger partial charge in [0.2, 0.25) is 0 Å². The zero-order valence-electron chi connectivity index (χ0n) is 8.77. The van der Waals surface area contributed by atoms with Gasteiger partial charge in [-0.2, -0.15) is 0 Å². The molecule has 0 aliphatic heterocycles. The quantitative estimate of drug-likeness (QED) is 0.829. The van der Waals surface area contributed by atoms with E-state index in [-0.39, 0.29) is 0 Å². The van der Waals surface area contributed by atoms with Gasteiger partial charge >= 0.3 is 0 Å². The minimum atomic E-state index is 0.555. The van der Waals surface area contributed by atoms with Crippen LogP contribution in [-0.4, -0.2) is 11.5 Å². The maximum atomic E-state index is 5.80. The highest BCUT2D eigenvalue weighted by atomic mass is 35.5. The highest BCUT2D eigenvalue weighted by molar-refractivity contribution is 6.38. The van der Waals surface area contributed by atoms with Crippen LogP contribution in [0.25, 0.3) is 0 Å². The fourth-order valence-electron chi connectivity index (χ4n) is 0.757. The molecule has 0 saturated carbocycles. The van der Waals surface area contributed by atoms with Crippen LogP contribution in [0.2, 0.25) is 10.0 Å². The number of pyridine rings is 1. The number of hydrogen-bond acceptors (Lipinski definition) is 2. The van der Waals surface area contributed by atoms with Gasteiger partial charge in [-0.1, -0.05) is 43.5 Å². The van der Waals surface area contributed by atoms with E-state index in [1.807, 2.05) is 6.92 Å². The van der Waals surface area contributed by atoms with Crippen molar-refractivity contribution in [2.45, 2.75) is 27.2 Å². The van der Waals surface area contributed by atoms with E-state index < -0.39 is 0 Å². The highest BCUT2D eigenvalue weighted by Gasteiger charge is 2.02. The molecule has 0 radical (unpaired) electrons. The van der Waals surface area contributed by atoms with E-state index in [1.54, 1.807) is 12.4 Å². The molecular formula is C10H16Cl2N2. The Kier molecular flexibility index (Phi) is 7.63.